The summed E-state index contributed by atoms with van der Waals surface area (Å²) in [6, 6.07) is 0. The minimum Gasteiger partial charge on any atom is -0.481 e. The first-order valence-corrected chi connectivity index (χ1v) is 7.27. The highest BCUT2D eigenvalue weighted by Gasteiger charge is 2.18. The number of carboxylic acids is 2. The lowest BCUT2D eigenvalue weighted by atomic mass is 10.2. The lowest BCUT2D eigenvalue weighted by molar-refractivity contribution is -0.137. The fourth-order valence-electron chi connectivity index (χ4n) is 2.09. The van der Waals surface area contributed by atoms with Crippen LogP contribution in [0.25, 0.3) is 10.2 Å². The smallest absolute Gasteiger partial charge is 0.346 e. The molecule has 9 heteroatoms. The molecule has 0 aliphatic rings. The number of rotatable bonds is 6. The summed E-state index contributed by atoms with van der Waals surface area (Å²) < 4.78 is 0. The van der Waals surface area contributed by atoms with Crippen LogP contribution in [0.1, 0.15) is 27.5 Å². The maximum absolute atomic E-state index is 12.1. The fourth-order valence-corrected chi connectivity index (χ4v) is 3.13. The van der Waals surface area contributed by atoms with Crippen molar-refractivity contribution in [1.82, 2.24) is 14.9 Å². The maximum atomic E-state index is 12.1. The molecule has 0 unspecified atom stereocenters. The average Bonchev–Trinajstić information content (AvgIpc) is 2.74. The second-order valence-corrected chi connectivity index (χ2v) is 5.93. The number of H-pyrrole nitrogens is 1. The van der Waals surface area contributed by atoms with E-state index < -0.39 is 11.9 Å². The van der Waals surface area contributed by atoms with E-state index in [1.54, 1.807) is 18.9 Å². The van der Waals surface area contributed by atoms with E-state index in [0.717, 1.165) is 11.3 Å². The Labute approximate surface area is 129 Å². The second-order valence-electron chi connectivity index (χ2n) is 4.94. The molecule has 0 aliphatic heterocycles. The first kappa shape index (κ1) is 16.1. The number of thiophene rings is 1. The van der Waals surface area contributed by atoms with Crippen molar-refractivity contribution in [3.05, 3.63) is 26.6 Å². The van der Waals surface area contributed by atoms with Crippen LogP contribution >= 0.6 is 11.3 Å². The Balaban J connectivity index is 2.32. The molecule has 22 heavy (non-hydrogen) atoms. The number of hydrogen-bond acceptors (Lipinski definition) is 6. The van der Waals surface area contributed by atoms with E-state index in [4.69, 9.17) is 10.2 Å². The van der Waals surface area contributed by atoms with Crippen LogP contribution in [0.5, 0.6) is 0 Å². The second kappa shape index (κ2) is 6.24. The summed E-state index contributed by atoms with van der Waals surface area (Å²) in [5.74, 6) is -1.60. The number of aliphatic carboxylic acids is 1. The van der Waals surface area contributed by atoms with Gasteiger partial charge in [0.15, 0.2) is 0 Å². The first-order chi connectivity index (χ1) is 10.3. The van der Waals surface area contributed by atoms with Crippen LogP contribution in [-0.2, 0) is 11.3 Å². The third-order valence-electron chi connectivity index (χ3n) is 3.17. The SMILES string of the molecule is Cc1c(C(=O)O)sc2nc(CN(C)CCC(=O)O)[nH]c(=O)c12. The summed E-state index contributed by atoms with van der Waals surface area (Å²) in [7, 11) is 1.72. The van der Waals surface area contributed by atoms with Gasteiger partial charge in [-0.15, -0.1) is 11.3 Å². The highest BCUT2D eigenvalue weighted by molar-refractivity contribution is 7.20. The van der Waals surface area contributed by atoms with Gasteiger partial charge in [0.25, 0.3) is 5.56 Å². The lowest BCUT2D eigenvalue weighted by Crippen LogP contribution is -2.24. The molecule has 118 valence electrons. The van der Waals surface area contributed by atoms with Gasteiger partial charge in [0, 0.05) is 6.54 Å². The van der Waals surface area contributed by atoms with Gasteiger partial charge in [-0.3, -0.25) is 14.5 Å². The Morgan fingerprint density at radius 2 is 2.05 bits per heavy atom. The zero-order chi connectivity index (χ0) is 16.4. The monoisotopic (exact) mass is 325 g/mol. The van der Waals surface area contributed by atoms with Crippen LogP contribution < -0.4 is 5.56 Å². The number of hydrogen-bond donors (Lipinski definition) is 3. The quantitative estimate of drug-likeness (QED) is 0.720. The van der Waals surface area contributed by atoms with Crippen molar-refractivity contribution in [3.8, 4) is 0 Å². The van der Waals surface area contributed by atoms with Gasteiger partial charge >= 0.3 is 11.9 Å². The molecular formula is C13H15N3O5S. The number of aromatic amines is 1. The summed E-state index contributed by atoms with van der Waals surface area (Å²) in [5.41, 5.74) is 0.0277. The molecule has 0 saturated heterocycles. The highest BCUT2D eigenvalue weighted by Crippen LogP contribution is 2.26. The molecule has 0 saturated carbocycles. The van der Waals surface area contributed by atoms with Crippen molar-refractivity contribution in [2.75, 3.05) is 13.6 Å². The molecule has 2 rings (SSSR count). The van der Waals surface area contributed by atoms with Crippen molar-refractivity contribution in [1.29, 1.82) is 0 Å². The van der Waals surface area contributed by atoms with E-state index in [-0.39, 0.29) is 23.4 Å². The molecule has 3 N–H and O–H groups in total. The third-order valence-corrected chi connectivity index (χ3v) is 4.34. The number of nitrogens with zero attached hydrogens (tertiary/aromatic N) is 2. The van der Waals surface area contributed by atoms with Gasteiger partial charge in [-0.05, 0) is 19.5 Å². The molecule has 0 fully saturated rings. The summed E-state index contributed by atoms with van der Waals surface area (Å²) in [6.45, 7) is 2.18. The number of aryl methyl sites for hydroxylation is 1. The van der Waals surface area contributed by atoms with E-state index >= 15 is 0 Å². The summed E-state index contributed by atoms with van der Waals surface area (Å²) in [6.07, 6.45) is -0.00967. The predicted molar refractivity (Wildman–Crippen MR) is 80.5 cm³/mol. The number of aromatic carboxylic acids is 1. The molecule has 0 atom stereocenters. The highest BCUT2D eigenvalue weighted by atomic mass is 32.1. The normalized spacial score (nSPS) is 11.2. The van der Waals surface area contributed by atoms with Gasteiger partial charge in [-0.2, -0.15) is 0 Å². The molecule has 0 amide bonds. The Morgan fingerprint density at radius 1 is 1.36 bits per heavy atom. The van der Waals surface area contributed by atoms with E-state index in [0.29, 0.717) is 28.1 Å². The van der Waals surface area contributed by atoms with Crippen molar-refractivity contribution in [2.45, 2.75) is 19.9 Å². The Bertz CT molecular complexity index is 795. The van der Waals surface area contributed by atoms with Crippen molar-refractivity contribution >= 4 is 33.5 Å². The Hall–Kier alpha value is -2.26. The summed E-state index contributed by atoms with van der Waals surface area (Å²) in [4.78, 5) is 42.9. The van der Waals surface area contributed by atoms with Crippen LogP contribution in [0.3, 0.4) is 0 Å². The first-order valence-electron chi connectivity index (χ1n) is 6.45. The van der Waals surface area contributed by atoms with Gasteiger partial charge < -0.3 is 15.2 Å². The number of carboxylic acid groups (broad SMARTS) is 2. The molecule has 0 aromatic carbocycles. The molecule has 8 nitrogen and oxygen atoms in total. The maximum Gasteiger partial charge on any atom is 0.346 e. The van der Waals surface area contributed by atoms with Crippen LogP contribution in [-0.4, -0.2) is 50.6 Å². The number of nitrogens with one attached hydrogen (secondary N) is 1. The zero-order valence-corrected chi connectivity index (χ0v) is 12.9. The minimum atomic E-state index is -1.08. The number of fused-ring (bicyclic) bond motifs is 1. The number of aromatic nitrogens is 2. The largest absolute Gasteiger partial charge is 0.481 e. The minimum absolute atomic E-state index is 0.00967. The lowest BCUT2D eigenvalue weighted by Gasteiger charge is -2.14. The molecular weight excluding hydrogens is 310 g/mol. The topological polar surface area (TPSA) is 124 Å². The van der Waals surface area contributed by atoms with Gasteiger partial charge in [0.1, 0.15) is 15.5 Å². The van der Waals surface area contributed by atoms with E-state index in [1.807, 2.05) is 0 Å². The average molecular weight is 325 g/mol. The standard InChI is InChI=1S/C13H15N3O5S/c1-6-9-11(19)14-7(5-16(2)4-3-8(17)18)15-12(9)22-10(6)13(20)21/h3-5H2,1-2H3,(H,17,18)(H,20,21)(H,14,15,19). The zero-order valence-electron chi connectivity index (χ0n) is 12.0. The van der Waals surface area contributed by atoms with Crippen LogP contribution in [0.4, 0.5) is 0 Å². The molecule has 0 aliphatic carbocycles. The molecule has 0 spiro atoms. The summed E-state index contributed by atoms with van der Waals surface area (Å²) in [5, 5.41) is 18.0. The van der Waals surface area contributed by atoms with Crippen LogP contribution in [0.15, 0.2) is 4.79 Å². The Morgan fingerprint density at radius 3 is 2.64 bits per heavy atom. The molecule has 2 heterocycles. The predicted octanol–water partition coefficient (Wildman–Crippen LogP) is 0.898. The van der Waals surface area contributed by atoms with E-state index in [2.05, 4.69) is 9.97 Å². The van der Waals surface area contributed by atoms with Gasteiger partial charge in [0.05, 0.1) is 18.4 Å². The van der Waals surface area contributed by atoms with Gasteiger partial charge in [-0.1, -0.05) is 0 Å². The van der Waals surface area contributed by atoms with Crippen molar-refractivity contribution in [3.63, 3.8) is 0 Å². The van der Waals surface area contributed by atoms with Crippen molar-refractivity contribution in [2.24, 2.45) is 0 Å². The van der Waals surface area contributed by atoms with Crippen LogP contribution in [0.2, 0.25) is 0 Å². The fraction of sp³-hybridized carbons (Fsp3) is 0.385. The molecule has 2 aromatic heterocycles. The molecule has 0 radical (unpaired) electrons. The van der Waals surface area contributed by atoms with Gasteiger partial charge in [-0.25, -0.2) is 9.78 Å². The van der Waals surface area contributed by atoms with Crippen LogP contribution in [0, 0.1) is 6.92 Å². The molecule has 0 bridgehead atoms. The number of carbonyl (C=O) groups is 2. The van der Waals surface area contributed by atoms with Crippen molar-refractivity contribution < 1.29 is 19.8 Å². The third kappa shape index (κ3) is 3.31. The van der Waals surface area contributed by atoms with E-state index in [1.165, 1.54) is 0 Å². The van der Waals surface area contributed by atoms with Gasteiger partial charge in [0.2, 0.25) is 0 Å². The van der Waals surface area contributed by atoms with E-state index in [9.17, 15) is 14.4 Å². The Kier molecular flexibility index (Phi) is 4.57. The molecule has 2 aromatic rings. The summed E-state index contributed by atoms with van der Waals surface area (Å²) >= 11 is 0.962.